The molecule has 0 spiro atoms. The van der Waals surface area contributed by atoms with Gasteiger partial charge in [-0.05, 0) is 32.1 Å². The van der Waals surface area contributed by atoms with Gasteiger partial charge in [-0.2, -0.15) is 0 Å². The van der Waals surface area contributed by atoms with Crippen molar-refractivity contribution in [1.82, 2.24) is 14.8 Å². The van der Waals surface area contributed by atoms with Crippen molar-refractivity contribution in [3.8, 4) is 5.75 Å². The molecular formula is C20H27Cl2N3O2S. The molecule has 0 saturated carbocycles. The summed E-state index contributed by atoms with van der Waals surface area (Å²) in [4.78, 5) is 21.2. The number of hydrogen-bond donors (Lipinski definition) is 0. The summed E-state index contributed by atoms with van der Waals surface area (Å²) in [6.07, 6.45) is 0.542. The smallest absolute Gasteiger partial charge is 0.223 e. The van der Waals surface area contributed by atoms with Crippen molar-refractivity contribution in [3.05, 3.63) is 44.3 Å². The first-order chi connectivity index (χ1) is 13.2. The third-order valence-electron chi connectivity index (χ3n) is 3.95. The fraction of sp³-hybridized carbons (Fsp3) is 0.500. The molecule has 2 rings (SSSR count). The minimum Gasteiger partial charge on any atom is -0.485 e. The lowest BCUT2D eigenvalue weighted by Crippen LogP contribution is -2.36. The molecule has 0 aliphatic heterocycles. The van der Waals surface area contributed by atoms with E-state index in [9.17, 15) is 4.79 Å². The highest BCUT2D eigenvalue weighted by Gasteiger charge is 2.17. The first kappa shape index (κ1) is 22.9. The number of rotatable bonds is 10. The molecule has 1 amide bonds. The van der Waals surface area contributed by atoms with Gasteiger partial charge in [-0.15, -0.1) is 11.3 Å². The van der Waals surface area contributed by atoms with Crippen LogP contribution in [-0.4, -0.2) is 47.9 Å². The number of amides is 1. The van der Waals surface area contributed by atoms with Crippen molar-refractivity contribution in [3.63, 3.8) is 0 Å². The van der Waals surface area contributed by atoms with Gasteiger partial charge < -0.3 is 14.5 Å². The number of likely N-dealkylation sites (N-methyl/N-ethyl adjacent to an activating group) is 1. The van der Waals surface area contributed by atoms with E-state index < -0.39 is 0 Å². The molecule has 1 heterocycles. The van der Waals surface area contributed by atoms with Gasteiger partial charge in [-0.1, -0.05) is 37.0 Å². The van der Waals surface area contributed by atoms with Crippen LogP contribution in [0.15, 0.2) is 23.6 Å². The first-order valence-electron chi connectivity index (χ1n) is 9.18. The van der Waals surface area contributed by atoms with Crippen LogP contribution in [0.3, 0.4) is 0 Å². The summed E-state index contributed by atoms with van der Waals surface area (Å²) in [6.45, 7) is 6.43. The predicted octanol–water partition coefficient (Wildman–Crippen LogP) is 4.97. The van der Waals surface area contributed by atoms with Gasteiger partial charge in [0.25, 0.3) is 0 Å². The van der Waals surface area contributed by atoms with Gasteiger partial charge >= 0.3 is 0 Å². The zero-order chi connectivity index (χ0) is 20.7. The lowest BCUT2D eigenvalue weighted by atomic mass is 10.1. The monoisotopic (exact) mass is 443 g/mol. The van der Waals surface area contributed by atoms with E-state index >= 15 is 0 Å². The molecule has 0 N–H and O–H groups in total. The fourth-order valence-electron chi connectivity index (χ4n) is 2.50. The highest BCUT2D eigenvalue weighted by molar-refractivity contribution is 7.09. The van der Waals surface area contributed by atoms with Crippen LogP contribution in [0.4, 0.5) is 0 Å². The average molecular weight is 444 g/mol. The molecule has 0 unspecified atom stereocenters. The van der Waals surface area contributed by atoms with Gasteiger partial charge in [0.2, 0.25) is 5.91 Å². The van der Waals surface area contributed by atoms with Crippen molar-refractivity contribution < 1.29 is 9.53 Å². The quantitative estimate of drug-likeness (QED) is 0.520. The van der Waals surface area contributed by atoms with Gasteiger partial charge in [0, 0.05) is 36.0 Å². The lowest BCUT2D eigenvalue weighted by molar-refractivity contribution is -0.132. The third-order valence-corrected chi connectivity index (χ3v) is 5.37. The largest absolute Gasteiger partial charge is 0.485 e. The van der Waals surface area contributed by atoms with Gasteiger partial charge in [-0.25, -0.2) is 4.98 Å². The number of thiazole rings is 1. The summed E-state index contributed by atoms with van der Waals surface area (Å²) in [5, 5.41) is 3.88. The number of carbonyl (C=O) groups excluding carboxylic acids is 1. The Morgan fingerprint density at radius 3 is 2.68 bits per heavy atom. The number of carbonyl (C=O) groups is 1. The SMILES string of the molecule is CC(C)CC(=O)N(CCN(C)C)Cc1csc(COc2cc(Cl)ccc2Cl)n1. The highest BCUT2D eigenvalue weighted by atomic mass is 35.5. The summed E-state index contributed by atoms with van der Waals surface area (Å²) in [5.74, 6) is 1.02. The molecular weight excluding hydrogens is 417 g/mol. The van der Waals surface area contributed by atoms with Crippen LogP contribution < -0.4 is 4.74 Å². The van der Waals surface area contributed by atoms with Crippen LogP contribution in [0.2, 0.25) is 10.0 Å². The molecule has 0 saturated heterocycles. The average Bonchev–Trinajstić information content (AvgIpc) is 3.06. The Balaban J connectivity index is 1.99. The molecule has 0 fully saturated rings. The molecule has 2 aromatic rings. The molecule has 28 heavy (non-hydrogen) atoms. The molecule has 0 bridgehead atoms. The summed E-state index contributed by atoms with van der Waals surface area (Å²) in [6, 6.07) is 5.11. The van der Waals surface area contributed by atoms with Crippen LogP contribution >= 0.6 is 34.5 Å². The standard InChI is InChI=1S/C20H27Cl2N3O2S/c1-14(2)9-20(26)25(8-7-24(3)4)11-16-13-28-19(23-16)12-27-18-10-15(21)5-6-17(18)22/h5-6,10,13-14H,7-9,11-12H2,1-4H3. The fourth-order valence-corrected chi connectivity index (χ4v) is 3.53. The van der Waals surface area contributed by atoms with Crippen LogP contribution in [0, 0.1) is 5.92 Å². The zero-order valence-electron chi connectivity index (χ0n) is 16.7. The first-order valence-corrected chi connectivity index (χ1v) is 10.8. The molecule has 154 valence electrons. The second-order valence-electron chi connectivity index (χ2n) is 7.31. The van der Waals surface area contributed by atoms with E-state index in [4.69, 9.17) is 27.9 Å². The summed E-state index contributed by atoms with van der Waals surface area (Å²) in [7, 11) is 4.01. The van der Waals surface area contributed by atoms with Gasteiger partial charge in [-0.3, -0.25) is 4.79 Å². The molecule has 1 aromatic heterocycles. The van der Waals surface area contributed by atoms with Crippen molar-refractivity contribution in [2.45, 2.75) is 33.4 Å². The van der Waals surface area contributed by atoms with Gasteiger partial charge in [0.15, 0.2) is 0 Å². The van der Waals surface area contributed by atoms with Gasteiger partial charge in [0.1, 0.15) is 17.4 Å². The normalized spacial score (nSPS) is 11.3. The van der Waals surface area contributed by atoms with E-state index in [-0.39, 0.29) is 5.91 Å². The third kappa shape index (κ3) is 7.59. The van der Waals surface area contributed by atoms with E-state index in [0.29, 0.717) is 47.8 Å². The van der Waals surface area contributed by atoms with Crippen LogP contribution in [0.25, 0.3) is 0 Å². The Kier molecular flexibility index (Phi) is 9.02. The Labute approximate surface area is 181 Å². The predicted molar refractivity (Wildman–Crippen MR) is 116 cm³/mol. The Morgan fingerprint density at radius 2 is 2.00 bits per heavy atom. The number of nitrogens with zero attached hydrogens (tertiary/aromatic N) is 3. The van der Waals surface area contributed by atoms with Crippen LogP contribution in [-0.2, 0) is 17.9 Å². The van der Waals surface area contributed by atoms with E-state index in [1.54, 1.807) is 18.2 Å². The summed E-state index contributed by atoms with van der Waals surface area (Å²) in [5.41, 5.74) is 0.872. The second kappa shape index (κ2) is 11.0. The molecule has 0 atom stereocenters. The van der Waals surface area contributed by atoms with Crippen molar-refractivity contribution >= 4 is 40.4 Å². The second-order valence-corrected chi connectivity index (χ2v) is 9.10. The number of benzene rings is 1. The van der Waals surface area contributed by atoms with Crippen molar-refractivity contribution in [2.24, 2.45) is 5.92 Å². The molecule has 1 aromatic carbocycles. The number of aromatic nitrogens is 1. The number of hydrogen-bond acceptors (Lipinski definition) is 5. The minimum absolute atomic E-state index is 0.161. The highest BCUT2D eigenvalue weighted by Crippen LogP contribution is 2.28. The zero-order valence-corrected chi connectivity index (χ0v) is 19.1. The maximum absolute atomic E-state index is 12.6. The Bertz CT molecular complexity index is 781. The lowest BCUT2D eigenvalue weighted by Gasteiger charge is -2.24. The maximum atomic E-state index is 12.6. The van der Waals surface area contributed by atoms with Gasteiger partial charge in [0.05, 0.1) is 17.3 Å². The van der Waals surface area contributed by atoms with Crippen molar-refractivity contribution in [2.75, 3.05) is 27.2 Å². The van der Waals surface area contributed by atoms with E-state index in [1.165, 1.54) is 11.3 Å². The Morgan fingerprint density at radius 1 is 1.25 bits per heavy atom. The van der Waals surface area contributed by atoms with Crippen molar-refractivity contribution in [1.29, 1.82) is 0 Å². The maximum Gasteiger partial charge on any atom is 0.223 e. The summed E-state index contributed by atoms with van der Waals surface area (Å²) < 4.78 is 5.75. The molecule has 0 aliphatic carbocycles. The topological polar surface area (TPSA) is 45.7 Å². The summed E-state index contributed by atoms with van der Waals surface area (Å²) >= 11 is 13.6. The van der Waals surface area contributed by atoms with Crippen LogP contribution in [0.5, 0.6) is 5.75 Å². The number of ether oxygens (including phenoxy) is 1. The minimum atomic E-state index is 0.161. The molecule has 0 radical (unpaired) electrons. The number of halogens is 2. The van der Waals surface area contributed by atoms with Crippen LogP contribution in [0.1, 0.15) is 31.0 Å². The molecule has 8 heteroatoms. The Hall–Kier alpha value is -1.34. The molecule has 0 aliphatic rings. The van der Waals surface area contributed by atoms with E-state index in [1.807, 2.05) is 24.4 Å². The van der Waals surface area contributed by atoms with E-state index in [0.717, 1.165) is 17.2 Å². The van der Waals surface area contributed by atoms with E-state index in [2.05, 4.69) is 23.7 Å². The molecule has 5 nitrogen and oxygen atoms in total.